The third-order valence-corrected chi connectivity index (χ3v) is 4.97. The average Bonchev–Trinajstić information content (AvgIpc) is 2.54. The number of nitrogens with zero attached hydrogens (tertiary/aromatic N) is 2. The molecule has 0 spiro atoms. The van der Waals surface area contributed by atoms with Gasteiger partial charge in [0.2, 0.25) is 5.91 Å². The number of halogens is 2. The molecule has 2 heterocycles. The highest BCUT2D eigenvalue weighted by atomic mass is 127. The third kappa shape index (κ3) is 3.01. The van der Waals surface area contributed by atoms with Gasteiger partial charge < -0.3 is 4.74 Å². The first-order valence-electron chi connectivity index (χ1n) is 5.77. The van der Waals surface area contributed by atoms with Crippen molar-refractivity contribution in [1.82, 2.24) is 4.98 Å². The van der Waals surface area contributed by atoms with Gasteiger partial charge in [-0.25, -0.2) is 4.98 Å². The molecule has 1 aliphatic rings. The molecule has 0 bridgehead atoms. The minimum Gasteiger partial charge on any atom is -0.360 e. The van der Waals surface area contributed by atoms with Gasteiger partial charge in [-0.1, -0.05) is 20.5 Å². The van der Waals surface area contributed by atoms with Crippen molar-refractivity contribution in [2.45, 2.75) is 19.3 Å². The van der Waals surface area contributed by atoms with E-state index < -0.39 is 5.41 Å². The highest BCUT2D eigenvalue weighted by molar-refractivity contribution is 14.2. The lowest BCUT2D eigenvalue weighted by molar-refractivity contribution is -0.123. The van der Waals surface area contributed by atoms with E-state index in [1.54, 1.807) is 26.1 Å². The van der Waals surface area contributed by atoms with E-state index >= 15 is 0 Å². The number of aromatic nitrogens is 1. The lowest BCUT2D eigenvalue weighted by atomic mass is 9.87. The van der Waals surface area contributed by atoms with E-state index in [-0.39, 0.29) is 12.6 Å². The van der Waals surface area contributed by atoms with Crippen LogP contribution in [-0.4, -0.2) is 30.0 Å². The Hall–Kier alpha value is -0.0500. The smallest absolute Gasteiger partial charge is 0.239 e. The SMILES string of the molecule is CC1(C)C(=O)N(COCCSI)c2cc(Cl)ncc21. The summed E-state index contributed by atoms with van der Waals surface area (Å²) in [5.74, 6) is 0.921. The molecule has 0 fully saturated rings. The Bertz CT molecular complexity index is 499. The summed E-state index contributed by atoms with van der Waals surface area (Å²) in [6, 6.07) is 1.72. The van der Waals surface area contributed by atoms with Gasteiger partial charge in [0, 0.05) is 17.5 Å². The molecule has 1 aliphatic heterocycles. The molecule has 1 aromatic heterocycles. The molecule has 0 atom stereocenters. The molecule has 104 valence electrons. The Morgan fingerprint density at radius 2 is 2.32 bits per heavy atom. The molecule has 2 rings (SSSR count). The van der Waals surface area contributed by atoms with Crippen LogP contribution in [0.15, 0.2) is 12.3 Å². The van der Waals surface area contributed by atoms with Crippen molar-refractivity contribution in [2.75, 3.05) is 24.0 Å². The highest BCUT2D eigenvalue weighted by Gasteiger charge is 2.44. The standard InChI is InChI=1S/C12H14ClIN2O2S/c1-12(2)8-6-15-10(13)5-9(8)16(11(12)17)7-18-3-4-19-14/h5-6H,3-4,7H2,1-2H3. The summed E-state index contributed by atoms with van der Waals surface area (Å²) in [4.78, 5) is 18.1. The van der Waals surface area contributed by atoms with Crippen LogP contribution in [0, 0.1) is 0 Å². The van der Waals surface area contributed by atoms with Gasteiger partial charge in [0.05, 0.1) is 17.7 Å². The van der Waals surface area contributed by atoms with Gasteiger partial charge in [0.15, 0.2) is 0 Å². The second-order valence-corrected chi connectivity index (χ2v) is 7.62. The minimum atomic E-state index is -0.575. The van der Waals surface area contributed by atoms with E-state index in [0.717, 1.165) is 17.0 Å². The van der Waals surface area contributed by atoms with E-state index in [0.29, 0.717) is 11.8 Å². The van der Waals surface area contributed by atoms with Gasteiger partial charge in [-0.15, -0.1) is 0 Å². The number of amides is 1. The largest absolute Gasteiger partial charge is 0.360 e. The van der Waals surface area contributed by atoms with Crippen molar-refractivity contribution < 1.29 is 9.53 Å². The number of carbonyl (C=O) groups is 1. The molecule has 19 heavy (non-hydrogen) atoms. The zero-order valence-corrected chi connectivity index (χ0v) is 14.4. The van der Waals surface area contributed by atoms with E-state index in [9.17, 15) is 4.79 Å². The van der Waals surface area contributed by atoms with Crippen LogP contribution in [0.4, 0.5) is 5.69 Å². The van der Waals surface area contributed by atoms with Gasteiger partial charge in [-0.05, 0) is 41.1 Å². The fraction of sp³-hybridized carbons (Fsp3) is 0.500. The number of fused-ring (bicyclic) bond motifs is 1. The Morgan fingerprint density at radius 1 is 1.58 bits per heavy atom. The van der Waals surface area contributed by atoms with Crippen molar-refractivity contribution >= 4 is 53.3 Å². The molecular weight excluding hydrogens is 399 g/mol. The second kappa shape index (κ2) is 6.15. The number of carbonyl (C=O) groups excluding carboxylic acids is 1. The summed E-state index contributed by atoms with van der Waals surface area (Å²) < 4.78 is 5.53. The quantitative estimate of drug-likeness (QED) is 0.422. The zero-order chi connectivity index (χ0) is 14.0. The molecule has 0 saturated carbocycles. The molecule has 4 nitrogen and oxygen atoms in total. The van der Waals surface area contributed by atoms with Gasteiger partial charge >= 0.3 is 0 Å². The topological polar surface area (TPSA) is 42.4 Å². The molecule has 1 amide bonds. The molecule has 0 N–H and O–H groups in total. The van der Waals surface area contributed by atoms with Gasteiger partial charge in [-0.3, -0.25) is 9.69 Å². The number of rotatable bonds is 5. The number of anilines is 1. The number of hydrogen-bond donors (Lipinski definition) is 0. The summed E-state index contributed by atoms with van der Waals surface area (Å²) >= 11 is 8.14. The molecule has 1 aromatic rings. The Kier molecular flexibility index (Phi) is 4.97. The van der Waals surface area contributed by atoms with E-state index in [1.807, 2.05) is 13.8 Å². The van der Waals surface area contributed by atoms with Crippen LogP contribution < -0.4 is 4.90 Å². The monoisotopic (exact) mass is 412 g/mol. The molecule has 0 radical (unpaired) electrons. The molecule has 0 unspecified atom stereocenters. The number of hydrogen-bond acceptors (Lipinski definition) is 4. The normalized spacial score (nSPS) is 16.8. The maximum Gasteiger partial charge on any atom is 0.239 e. The summed E-state index contributed by atoms with van der Waals surface area (Å²) in [6.07, 6.45) is 1.68. The van der Waals surface area contributed by atoms with Crippen molar-refractivity contribution in [2.24, 2.45) is 0 Å². The first-order chi connectivity index (χ1) is 8.98. The van der Waals surface area contributed by atoms with Crippen LogP contribution in [0.1, 0.15) is 19.4 Å². The van der Waals surface area contributed by atoms with Crippen molar-refractivity contribution in [3.05, 3.63) is 23.0 Å². The number of pyridine rings is 1. The first kappa shape index (κ1) is 15.3. The maximum atomic E-state index is 12.4. The molecule has 7 heteroatoms. The molecular formula is C12H14ClIN2O2S. The average molecular weight is 413 g/mol. The molecule has 0 saturated heterocycles. The van der Waals surface area contributed by atoms with Crippen LogP contribution in [-0.2, 0) is 14.9 Å². The minimum absolute atomic E-state index is 0.0219. The summed E-state index contributed by atoms with van der Waals surface area (Å²) in [5.41, 5.74) is 1.12. The Labute approximate surface area is 133 Å². The fourth-order valence-electron chi connectivity index (χ4n) is 2.06. The first-order valence-corrected chi connectivity index (χ1v) is 9.68. The van der Waals surface area contributed by atoms with Gasteiger partial charge in [0.25, 0.3) is 0 Å². The van der Waals surface area contributed by atoms with Crippen molar-refractivity contribution in [3.8, 4) is 0 Å². The second-order valence-electron chi connectivity index (χ2n) is 4.73. The number of ether oxygens (including phenoxy) is 1. The predicted octanol–water partition coefficient (Wildman–Crippen LogP) is 3.42. The van der Waals surface area contributed by atoms with Crippen LogP contribution in [0.5, 0.6) is 0 Å². The van der Waals surface area contributed by atoms with E-state index in [1.165, 1.54) is 0 Å². The lowest BCUT2D eigenvalue weighted by Gasteiger charge is -2.20. The highest BCUT2D eigenvalue weighted by Crippen LogP contribution is 2.41. The third-order valence-electron chi connectivity index (χ3n) is 3.12. The van der Waals surface area contributed by atoms with E-state index in [4.69, 9.17) is 16.3 Å². The van der Waals surface area contributed by atoms with Gasteiger partial charge in [-0.2, -0.15) is 0 Å². The van der Waals surface area contributed by atoms with Crippen LogP contribution >= 0.6 is 41.7 Å². The van der Waals surface area contributed by atoms with Crippen LogP contribution in [0.3, 0.4) is 0 Å². The van der Waals surface area contributed by atoms with E-state index in [2.05, 4.69) is 26.2 Å². The van der Waals surface area contributed by atoms with Crippen LogP contribution in [0.2, 0.25) is 5.15 Å². The fourth-order valence-corrected chi connectivity index (χ4v) is 2.93. The summed E-state index contributed by atoms with van der Waals surface area (Å²) in [6.45, 7) is 4.66. The lowest BCUT2D eigenvalue weighted by Crippen LogP contribution is -2.37. The van der Waals surface area contributed by atoms with Crippen LogP contribution in [0.25, 0.3) is 0 Å². The molecule has 0 aliphatic carbocycles. The maximum absolute atomic E-state index is 12.4. The molecule has 0 aromatic carbocycles. The zero-order valence-electron chi connectivity index (χ0n) is 10.7. The van der Waals surface area contributed by atoms with Gasteiger partial charge in [0.1, 0.15) is 11.9 Å². The predicted molar refractivity (Wildman–Crippen MR) is 87.1 cm³/mol. The van der Waals surface area contributed by atoms with Crippen molar-refractivity contribution in [1.29, 1.82) is 0 Å². The van der Waals surface area contributed by atoms with Crippen molar-refractivity contribution in [3.63, 3.8) is 0 Å². The Balaban J connectivity index is 2.21. The summed E-state index contributed by atoms with van der Waals surface area (Å²) in [5, 5.41) is 0.386. The Morgan fingerprint density at radius 3 is 3.00 bits per heavy atom. The summed E-state index contributed by atoms with van der Waals surface area (Å²) in [7, 11) is 1.68.